The molecule has 2 atom stereocenters. The van der Waals surface area contributed by atoms with Crippen molar-refractivity contribution in [2.45, 2.75) is 50.4 Å². The van der Waals surface area contributed by atoms with Crippen molar-refractivity contribution < 1.29 is 36.4 Å². The summed E-state index contributed by atoms with van der Waals surface area (Å²) in [5.74, 6) is -0.126. The molecule has 34 heavy (non-hydrogen) atoms. The number of carbonyl (C=O) groups excluding carboxylic acids is 2. The molecule has 1 aromatic carbocycles. The van der Waals surface area contributed by atoms with Gasteiger partial charge in [0.05, 0.1) is 19.1 Å². The number of nitrogens with one attached hydrogen (secondary N) is 1. The monoisotopic (exact) mass is 485 g/mol. The van der Waals surface area contributed by atoms with E-state index in [1.54, 1.807) is 11.0 Å². The zero-order valence-corrected chi connectivity index (χ0v) is 17.9. The molecule has 184 valence electrons. The summed E-state index contributed by atoms with van der Waals surface area (Å²) in [5, 5.41) is 6.55. The first-order chi connectivity index (χ1) is 16.1. The van der Waals surface area contributed by atoms with Crippen molar-refractivity contribution in [1.29, 1.82) is 0 Å². The van der Waals surface area contributed by atoms with Gasteiger partial charge in [-0.05, 0) is 25.0 Å². The molecule has 1 aliphatic carbocycles. The smallest absolute Gasteiger partial charge is 0.406 e. The third-order valence-electron chi connectivity index (χ3n) is 5.59. The zero-order valence-electron chi connectivity index (χ0n) is 17.9. The fourth-order valence-corrected chi connectivity index (χ4v) is 4.02. The summed E-state index contributed by atoms with van der Waals surface area (Å²) in [6, 6.07) is 5.02. The van der Waals surface area contributed by atoms with E-state index in [4.69, 9.17) is 10.3 Å². The minimum absolute atomic E-state index is 0.0426. The summed E-state index contributed by atoms with van der Waals surface area (Å²) < 4.78 is 60.7. The first-order valence-electron chi connectivity index (χ1n) is 10.7. The highest BCUT2D eigenvalue weighted by molar-refractivity contribution is 5.76. The van der Waals surface area contributed by atoms with Gasteiger partial charge in [-0.3, -0.25) is 0 Å². The molecule has 0 bridgehead atoms. The van der Waals surface area contributed by atoms with Gasteiger partial charge >= 0.3 is 18.4 Å². The number of amides is 4. The number of aromatic nitrogens is 1. The lowest BCUT2D eigenvalue weighted by atomic mass is 10.0. The summed E-state index contributed by atoms with van der Waals surface area (Å²) in [5.41, 5.74) is 5.91. The number of primary amides is 1. The Morgan fingerprint density at radius 2 is 2.00 bits per heavy atom. The van der Waals surface area contributed by atoms with Crippen LogP contribution < -0.4 is 15.8 Å². The van der Waals surface area contributed by atoms with Crippen molar-refractivity contribution in [3.05, 3.63) is 36.1 Å². The van der Waals surface area contributed by atoms with Crippen molar-refractivity contribution in [2.24, 2.45) is 5.73 Å². The van der Waals surface area contributed by atoms with Crippen LogP contribution >= 0.6 is 0 Å². The minimum atomic E-state index is -4.82. The van der Waals surface area contributed by atoms with Crippen molar-refractivity contribution in [3.8, 4) is 17.0 Å². The number of nitrogens with two attached hydrogens (primary N) is 1. The van der Waals surface area contributed by atoms with E-state index in [0.29, 0.717) is 5.56 Å². The lowest BCUT2D eigenvalue weighted by Gasteiger charge is -2.40. The molecule has 0 spiro atoms. The first-order valence-corrected chi connectivity index (χ1v) is 10.7. The fourth-order valence-electron chi connectivity index (χ4n) is 4.02. The predicted molar refractivity (Wildman–Crippen MR) is 110 cm³/mol. The summed E-state index contributed by atoms with van der Waals surface area (Å²) in [4.78, 5) is 27.2. The van der Waals surface area contributed by atoms with Gasteiger partial charge in [-0.25, -0.2) is 14.0 Å². The maximum absolute atomic E-state index is 14.2. The van der Waals surface area contributed by atoms with Crippen LogP contribution in [0.2, 0.25) is 0 Å². The second-order valence-corrected chi connectivity index (χ2v) is 8.28. The van der Waals surface area contributed by atoms with Crippen LogP contribution in [0.25, 0.3) is 11.3 Å². The Kier molecular flexibility index (Phi) is 6.53. The molecular formula is C21H23F4N5O4. The van der Waals surface area contributed by atoms with Gasteiger partial charge < -0.3 is 30.1 Å². The fraction of sp³-hybridized carbons (Fsp3) is 0.476. The van der Waals surface area contributed by atoms with Crippen LogP contribution in [0.5, 0.6) is 5.75 Å². The van der Waals surface area contributed by atoms with Gasteiger partial charge in [0.25, 0.3) is 0 Å². The Bertz CT molecular complexity index is 1040. The normalized spacial score (nSPS) is 20.6. The molecule has 2 fully saturated rings. The molecule has 0 unspecified atom stereocenters. The Labute approximate surface area is 191 Å². The van der Waals surface area contributed by atoms with Gasteiger partial charge in [-0.2, -0.15) is 0 Å². The highest BCUT2D eigenvalue weighted by Crippen LogP contribution is 2.32. The molecule has 9 nitrogen and oxygen atoms in total. The number of piperidine rings is 1. The minimum Gasteiger partial charge on any atom is -0.406 e. The number of hydrogen-bond acceptors (Lipinski definition) is 5. The number of likely N-dealkylation sites (tertiary alicyclic amines) is 1. The highest BCUT2D eigenvalue weighted by atomic mass is 19.4. The SMILES string of the molecule is NC(=O)N1C[C@@H](F)C[C@@H](N(C(=O)NCc2cc(-c3cccc(OC(F)(F)F)c3)no2)C2CC2)C1. The molecule has 1 saturated carbocycles. The van der Waals surface area contributed by atoms with Gasteiger partial charge in [-0.15, -0.1) is 13.2 Å². The number of alkyl halides is 4. The number of hydrogen-bond donors (Lipinski definition) is 2. The standard InChI is InChI=1S/C21H23F4N5O4/c22-13-7-15(11-29(10-13)19(26)31)30(14-4-5-14)20(32)27-9-17-8-18(28-34-17)12-2-1-3-16(6-12)33-21(23,24)25/h1-3,6,8,13-15H,4-5,7,9-11H2,(H2,26,31)(H,27,32)/t13-,15+/m0/s1. The summed E-state index contributed by atoms with van der Waals surface area (Å²) in [6.45, 7) is 0.0174. The van der Waals surface area contributed by atoms with Crippen LogP contribution in [0.1, 0.15) is 25.0 Å². The molecule has 3 N–H and O–H groups in total. The highest BCUT2D eigenvalue weighted by Gasteiger charge is 2.41. The average Bonchev–Trinajstić information content (AvgIpc) is 3.46. The van der Waals surface area contributed by atoms with Crippen LogP contribution in [0.4, 0.5) is 27.2 Å². The van der Waals surface area contributed by atoms with E-state index >= 15 is 0 Å². The predicted octanol–water partition coefficient (Wildman–Crippen LogP) is 3.41. The Morgan fingerprint density at radius 3 is 2.68 bits per heavy atom. The third-order valence-corrected chi connectivity index (χ3v) is 5.59. The van der Waals surface area contributed by atoms with Gasteiger partial charge in [0.2, 0.25) is 0 Å². The molecule has 1 aromatic heterocycles. The Hall–Kier alpha value is -3.51. The van der Waals surface area contributed by atoms with Gasteiger partial charge in [0, 0.05) is 30.6 Å². The molecule has 1 aliphatic heterocycles. The molecule has 4 amide bonds. The van der Waals surface area contributed by atoms with Crippen molar-refractivity contribution in [3.63, 3.8) is 0 Å². The maximum Gasteiger partial charge on any atom is 0.573 e. The van der Waals surface area contributed by atoms with E-state index in [0.717, 1.165) is 18.9 Å². The summed E-state index contributed by atoms with van der Waals surface area (Å²) in [7, 11) is 0. The molecule has 4 rings (SSSR count). The molecular weight excluding hydrogens is 462 g/mol. The van der Waals surface area contributed by atoms with Gasteiger partial charge in [-0.1, -0.05) is 17.3 Å². The second kappa shape index (κ2) is 9.39. The average molecular weight is 485 g/mol. The lowest BCUT2D eigenvalue weighted by molar-refractivity contribution is -0.274. The third kappa shape index (κ3) is 5.88. The number of urea groups is 2. The van der Waals surface area contributed by atoms with E-state index < -0.39 is 36.4 Å². The number of carbonyl (C=O) groups is 2. The summed E-state index contributed by atoms with van der Waals surface area (Å²) >= 11 is 0. The van der Waals surface area contributed by atoms with Crippen LogP contribution in [0.3, 0.4) is 0 Å². The van der Waals surface area contributed by atoms with E-state index in [-0.39, 0.29) is 43.6 Å². The quantitative estimate of drug-likeness (QED) is 0.609. The number of benzene rings is 1. The Morgan fingerprint density at radius 1 is 1.24 bits per heavy atom. The molecule has 2 aromatic rings. The maximum atomic E-state index is 14.2. The number of ether oxygens (including phenoxy) is 1. The topological polar surface area (TPSA) is 114 Å². The van der Waals surface area contributed by atoms with E-state index in [9.17, 15) is 27.2 Å². The largest absolute Gasteiger partial charge is 0.573 e. The lowest BCUT2D eigenvalue weighted by Crippen LogP contribution is -2.58. The van der Waals surface area contributed by atoms with Crippen LogP contribution in [0, 0.1) is 0 Å². The molecule has 2 heterocycles. The number of nitrogens with zero attached hydrogens (tertiary/aromatic N) is 3. The van der Waals surface area contributed by atoms with E-state index in [1.165, 1.54) is 23.1 Å². The van der Waals surface area contributed by atoms with E-state index in [2.05, 4.69) is 15.2 Å². The zero-order chi connectivity index (χ0) is 24.5. The number of halogens is 4. The van der Waals surface area contributed by atoms with Gasteiger partial charge in [0.1, 0.15) is 17.6 Å². The van der Waals surface area contributed by atoms with Crippen LogP contribution in [0.15, 0.2) is 34.9 Å². The molecule has 1 saturated heterocycles. The van der Waals surface area contributed by atoms with Crippen molar-refractivity contribution in [2.75, 3.05) is 13.1 Å². The van der Waals surface area contributed by atoms with Crippen molar-refractivity contribution in [1.82, 2.24) is 20.3 Å². The summed E-state index contributed by atoms with van der Waals surface area (Å²) in [6.07, 6.45) is -4.44. The van der Waals surface area contributed by atoms with E-state index in [1.807, 2.05) is 0 Å². The van der Waals surface area contributed by atoms with Crippen LogP contribution in [-0.2, 0) is 6.54 Å². The van der Waals surface area contributed by atoms with Crippen LogP contribution in [-0.4, -0.2) is 64.7 Å². The molecule has 13 heteroatoms. The molecule has 2 aliphatic rings. The first kappa shape index (κ1) is 23.6. The number of rotatable bonds is 6. The molecule has 0 radical (unpaired) electrons. The van der Waals surface area contributed by atoms with Crippen molar-refractivity contribution >= 4 is 12.1 Å². The second-order valence-electron chi connectivity index (χ2n) is 8.28. The van der Waals surface area contributed by atoms with Gasteiger partial charge in [0.15, 0.2) is 5.76 Å². The Balaban J connectivity index is 1.39.